The second-order valence-corrected chi connectivity index (χ2v) is 7.52. The number of hydrogen-bond acceptors (Lipinski definition) is 4. The van der Waals surface area contributed by atoms with Crippen LogP contribution in [-0.4, -0.2) is 24.5 Å². The van der Waals surface area contributed by atoms with Crippen LogP contribution in [-0.2, 0) is 16.1 Å². The first kappa shape index (κ1) is 24.4. The van der Waals surface area contributed by atoms with Gasteiger partial charge in [-0.25, -0.2) is 13.6 Å². The lowest BCUT2D eigenvalue weighted by molar-refractivity contribution is -0.117. The quantitative estimate of drug-likeness (QED) is 0.465. The number of nitrogens with two attached hydrogens (primary N) is 1. The molecule has 34 heavy (non-hydrogen) atoms. The highest BCUT2D eigenvalue weighted by Gasteiger charge is 2.26. The Morgan fingerprint density at radius 1 is 1.00 bits per heavy atom. The minimum Gasteiger partial charge on any atom is -0.445 e. The van der Waals surface area contributed by atoms with Gasteiger partial charge in [0.1, 0.15) is 18.2 Å². The number of ether oxygens (including phenoxy) is 1. The van der Waals surface area contributed by atoms with Crippen molar-refractivity contribution in [2.75, 3.05) is 11.9 Å². The molecule has 0 heterocycles. The Morgan fingerprint density at radius 2 is 1.74 bits per heavy atom. The molecule has 0 saturated heterocycles. The van der Waals surface area contributed by atoms with E-state index in [2.05, 4.69) is 10.6 Å². The summed E-state index contributed by atoms with van der Waals surface area (Å²) < 4.78 is 33.5. The number of alkyl carbamates (subject to hydrolysis) is 1. The maximum atomic E-state index is 14.5. The Balaban J connectivity index is 1.79. The van der Waals surface area contributed by atoms with Crippen molar-refractivity contribution in [1.29, 1.82) is 0 Å². The molecule has 1 atom stereocenters. The molecule has 0 aliphatic carbocycles. The number of hydrogen-bond donors (Lipinski definition) is 3. The van der Waals surface area contributed by atoms with Crippen LogP contribution in [0.2, 0.25) is 0 Å². The summed E-state index contributed by atoms with van der Waals surface area (Å²) in [5.74, 6) is -4.28. The summed E-state index contributed by atoms with van der Waals surface area (Å²) in [6, 6.07) is 16.7. The van der Waals surface area contributed by atoms with E-state index in [0.717, 1.165) is 17.7 Å². The molecule has 176 valence electrons. The molecular weight excluding hydrogens is 444 g/mol. The first-order chi connectivity index (χ1) is 16.3. The Bertz CT molecular complexity index is 1200. The van der Waals surface area contributed by atoms with E-state index in [4.69, 9.17) is 10.5 Å². The second kappa shape index (κ2) is 11.0. The molecule has 3 rings (SSSR count). The van der Waals surface area contributed by atoms with Gasteiger partial charge in [-0.05, 0) is 41.8 Å². The van der Waals surface area contributed by atoms with Crippen LogP contribution in [0.5, 0.6) is 0 Å². The number of carbonyl (C=O) groups is 3. The zero-order chi connectivity index (χ0) is 24.7. The van der Waals surface area contributed by atoms with Crippen molar-refractivity contribution < 1.29 is 27.9 Å². The summed E-state index contributed by atoms with van der Waals surface area (Å²) in [5, 5.41) is 4.84. The third kappa shape index (κ3) is 6.16. The van der Waals surface area contributed by atoms with Crippen LogP contribution >= 0.6 is 0 Å². The average Bonchev–Trinajstić information content (AvgIpc) is 2.81. The minimum absolute atomic E-state index is 0.0139. The van der Waals surface area contributed by atoms with Crippen molar-refractivity contribution in [2.45, 2.75) is 19.4 Å². The van der Waals surface area contributed by atoms with E-state index in [1.54, 1.807) is 31.2 Å². The normalized spacial score (nSPS) is 11.4. The molecule has 3 aromatic rings. The maximum Gasteiger partial charge on any atom is 0.407 e. The first-order valence-electron chi connectivity index (χ1n) is 10.4. The zero-order valence-electron chi connectivity index (χ0n) is 18.3. The minimum atomic E-state index is -1.12. The number of amides is 3. The van der Waals surface area contributed by atoms with Crippen LogP contribution in [0.25, 0.3) is 0 Å². The van der Waals surface area contributed by atoms with E-state index >= 15 is 0 Å². The Morgan fingerprint density at radius 3 is 2.41 bits per heavy atom. The molecule has 0 aromatic heterocycles. The molecule has 0 aliphatic heterocycles. The van der Waals surface area contributed by atoms with E-state index in [-0.39, 0.29) is 30.0 Å². The highest BCUT2D eigenvalue weighted by atomic mass is 19.1. The van der Waals surface area contributed by atoms with Gasteiger partial charge in [-0.1, -0.05) is 48.5 Å². The van der Waals surface area contributed by atoms with E-state index < -0.39 is 35.5 Å². The molecule has 0 fully saturated rings. The van der Waals surface area contributed by atoms with Gasteiger partial charge in [0.25, 0.3) is 5.91 Å². The molecule has 0 bridgehead atoms. The lowest BCUT2D eigenvalue weighted by Crippen LogP contribution is -2.35. The van der Waals surface area contributed by atoms with E-state index in [0.29, 0.717) is 5.56 Å². The van der Waals surface area contributed by atoms with Crippen LogP contribution in [0.15, 0.2) is 66.7 Å². The number of carbonyl (C=O) groups excluding carboxylic acids is 3. The summed E-state index contributed by atoms with van der Waals surface area (Å²) in [7, 11) is 0. The summed E-state index contributed by atoms with van der Waals surface area (Å²) in [6.45, 7) is 1.28. The number of primary amides is 1. The highest BCUT2D eigenvalue weighted by Crippen LogP contribution is 2.26. The summed E-state index contributed by atoms with van der Waals surface area (Å²) in [6.07, 6.45) is -0.794. The van der Waals surface area contributed by atoms with E-state index in [1.807, 2.05) is 6.07 Å². The number of halogens is 2. The maximum absolute atomic E-state index is 14.5. The Kier molecular flexibility index (Phi) is 7.92. The second-order valence-electron chi connectivity index (χ2n) is 7.52. The van der Waals surface area contributed by atoms with Crippen LogP contribution < -0.4 is 16.4 Å². The fraction of sp³-hybridized carbons (Fsp3) is 0.160. The number of rotatable bonds is 8. The summed E-state index contributed by atoms with van der Waals surface area (Å²) >= 11 is 0. The predicted octanol–water partition coefficient (Wildman–Crippen LogP) is 4.02. The molecule has 0 saturated carbocycles. The van der Waals surface area contributed by atoms with Crippen molar-refractivity contribution in [1.82, 2.24) is 5.32 Å². The highest BCUT2D eigenvalue weighted by molar-refractivity contribution is 6.05. The van der Waals surface area contributed by atoms with Gasteiger partial charge in [0, 0.05) is 6.54 Å². The molecule has 0 aliphatic rings. The van der Waals surface area contributed by atoms with E-state index in [9.17, 15) is 23.2 Å². The topological polar surface area (TPSA) is 111 Å². The number of benzene rings is 3. The SMILES string of the molecule is Cc1ccc(F)c(NC(=O)C(CNC(=O)OCc2ccccc2)c2cccc(F)c2)c1C(N)=O. The number of aryl methyl sites for hydroxylation is 1. The first-order valence-corrected chi connectivity index (χ1v) is 10.4. The molecule has 0 spiro atoms. The standard InChI is InChI=1S/C25H23F2N3O4/c1-15-10-11-20(27)22(21(15)23(28)31)30-24(32)19(17-8-5-9-18(26)12-17)13-29-25(33)34-14-16-6-3-2-4-7-16/h2-12,19H,13-14H2,1H3,(H2,28,31)(H,29,33)(H,30,32). The summed E-state index contributed by atoms with van der Waals surface area (Å²) in [4.78, 5) is 37.1. The van der Waals surface area contributed by atoms with Crippen molar-refractivity contribution >= 4 is 23.6 Å². The van der Waals surface area contributed by atoms with Crippen molar-refractivity contribution in [2.24, 2.45) is 5.73 Å². The lowest BCUT2D eigenvalue weighted by atomic mass is 9.97. The third-order valence-electron chi connectivity index (χ3n) is 5.09. The van der Waals surface area contributed by atoms with Gasteiger partial charge in [0.2, 0.25) is 5.91 Å². The van der Waals surface area contributed by atoms with Gasteiger partial charge >= 0.3 is 6.09 Å². The molecule has 3 amide bonds. The van der Waals surface area contributed by atoms with Gasteiger partial charge in [-0.3, -0.25) is 9.59 Å². The average molecular weight is 467 g/mol. The molecule has 9 heteroatoms. The predicted molar refractivity (Wildman–Crippen MR) is 122 cm³/mol. The van der Waals surface area contributed by atoms with Gasteiger partial charge in [0.05, 0.1) is 17.2 Å². The van der Waals surface area contributed by atoms with Crippen LogP contribution in [0.4, 0.5) is 19.3 Å². The molecule has 7 nitrogen and oxygen atoms in total. The van der Waals surface area contributed by atoms with E-state index in [1.165, 1.54) is 24.3 Å². The van der Waals surface area contributed by atoms with Gasteiger partial charge < -0.3 is 21.1 Å². The van der Waals surface area contributed by atoms with Crippen molar-refractivity contribution in [3.8, 4) is 0 Å². The third-order valence-corrected chi connectivity index (χ3v) is 5.09. The van der Waals surface area contributed by atoms with Gasteiger partial charge in [-0.15, -0.1) is 0 Å². The molecule has 1 unspecified atom stereocenters. The smallest absolute Gasteiger partial charge is 0.407 e. The molecule has 3 aromatic carbocycles. The van der Waals surface area contributed by atoms with Crippen LogP contribution in [0.1, 0.15) is 33.0 Å². The molecule has 0 radical (unpaired) electrons. The molecule has 4 N–H and O–H groups in total. The zero-order valence-corrected chi connectivity index (χ0v) is 18.3. The Labute approximate surface area is 194 Å². The fourth-order valence-electron chi connectivity index (χ4n) is 3.38. The van der Waals surface area contributed by atoms with Crippen molar-refractivity contribution in [3.05, 3.63) is 101 Å². The number of anilines is 1. The largest absolute Gasteiger partial charge is 0.445 e. The van der Waals surface area contributed by atoms with Gasteiger partial charge in [-0.2, -0.15) is 0 Å². The van der Waals surface area contributed by atoms with Crippen LogP contribution in [0, 0.1) is 18.6 Å². The number of nitrogens with one attached hydrogen (secondary N) is 2. The fourth-order valence-corrected chi connectivity index (χ4v) is 3.38. The van der Waals surface area contributed by atoms with Gasteiger partial charge in [0.15, 0.2) is 0 Å². The monoisotopic (exact) mass is 467 g/mol. The van der Waals surface area contributed by atoms with Crippen LogP contribution in [0.3, 0.4) is 0 Å². The summed E-state index contributed by atoms with van der Waals surface area (Å²) in [5.41, 5.74) is 6.17. The lowest BCUT2D eigenvalue weighted by Gasteiger charge is -2.20. The van der Waals surface area contributed by atoms with Crippen molar-refractivity contribution in [3.63, 3.8) is 0 Å². The Hall–Kier alpha value is -4.27. The molecular formula is C25H23F2N3O4.